The Morgan fingerprint density at radius 2 is 1.23 bits per heavy atom. The molecule has 3 nitrogen and oxygen atoms in total. The normalized spacial score (nSPS) is 14.1. The number of hydrogen-bond donors (Lipinski definition) is 0. The van der Waals surface area contributed by atoms with E-state index in [4.69, 9.17) is 0 Å². The minimum atomic E-state index is 0.354. The molecule has 8 aromatic rings. The molecule has 0 fully saturated rings. The molecule has 2 aromatic heterocycles. The monoisotopic (exact) mass is 601 g/mol. The lowest BCUT2D eigenvalue weighted by Gasteiger charge is -2.21. The van der Waals surface area contributed by atoms with E-state index in [0.29, 0.717) is 11.5 Å². The van der Waals surface area contributed by atoms with Gasteiger partial charge in [0.25, 0.3) is 0 Å². The first-order valence-electron chi connectivity index (χ1n) is 16.2. The molecule has 2 heterocycles. The fourth-order valence-corrected chi connectivity index (χ4v) is 7.70. The Balaban J connectivity index is 1.39. The second-order valence-corrected chi connectivity index (χ2v) is 12.5. The number of aromatic nitrogens is 2. The third-order valence-electron chi connectivity index (χ3n) is 9.74. The van der Waals surface area contributed by atoms with Gasteiger partial charge in [0.1, 0.15) is 0 Å². The number of allylic oxidation sites excluding steroid dienone is 1. The van der Waals surface area contributed by atoms with Gasteiger partial charge in [-0.1, -0.05) is 116 Å². The first kappa shape index (κ1) is 27.2. The largest absolute Gasteiger partial charge is 0.312 e. The first-order chi connectivity index (χ1) is 23.2. The van der Waals surface area contributed by atoms with Crippen molar-refractivity contribution in [1.29, 1.82) is 5.26 Å². The van der Waals surface area contributed by atoms with Crippen molar-refractivity contribution >= 4 is 38.8 Å². The van der Waals surface area contributed by atoms with Gasteiger partial charge in [0.15, 0.2) is 0 Å². The number of nitriles is 1. The molecule has 47 heavy (non-hydrogen) atoms. The minimum Gasteiger partial charge on any atom is -0.312 e. The van der Waals surface area contributed by atoms with Crippen LogP contribution in [0.4, 0.5) is 0 Å². The zero-order chi connectivity index (χ0) is 31.5. The maximum absolute atomic E-state index is 9.58. The van der Waals surface area contributed by atoms with E-state index >= 15 is 0 Å². The Morgan fingerprint density at radius 3 is 2.04 bits per heavy atom. The van der Waals surface area contributed by atoms with Crippen LogP contribution >= 0.6 is 0 Å². The molecule has 0 N–H and O–H groups in total. The summed E-state index contributed by atoms with van der Waals surface area (Å²) in [7, 11) is 0. The van der Waals surface area contributed by atoms with E-state index < -0.39 is 0 Å². The van der Waals surface area contributed by atoms with Crippen molar-refractivity contribution in [3.8, 4) is 39.7 Å². The van der Waals surface area contributed by atoms with Crippen LogP contribution in [-0.4, -0.2) is 9.13 Å². The second kappa shape index (κ2) is 10.8. The van der Waals surface area contributed by atoms with Gasteiger partial charge >= 0.3 is 0 Å². The molecule has 9 rings (SSSR count). The Kier molecular flexibility index (Phi) is 6.23. The van der Waals surface area contributed by atoms with Gasteiger partial charge < -0.3 is 9.13 Å². The highest BCUT2D eigenvalue weighted by atomic mass is 15.0. The van der Waals surface area contributed by atoms with E-state index in [9.17, 15) is 5.26 Å². The Labute approximate surface area is 273 Å². The second-order valence-electron chi connectivity index (χ2n) is 12.5. The number of para-hydroxylation sites is 4. The van der Waals surface area contributed by atoms with E-state index in [1.165, 1.54) is 55.1 Å². The van der Waals surface area contributed by atoms with Gasteiger partial charge in [-0.25, -0.2) is 0 Å². The molecule has 1 atom stereocenters. The van der Waals surface area contributed by atoms with Crippen molar-refractivity contribution in [2.45, 2.75) is 19.3 Å². The fraction of sp³-hybridized carbons (Fsp3) is 0.0682. The van der Waals surface area contributed by atoms with Crippen LogP contribution in [-0.2, 0) is 0 Å². The highest BCUT2D eigenvalue weighted by molar-refractivity contribution is 6.16. The van der Waals surface area contributed by atoms with Gasteiger partial charge in [-0.3, -0.25) is 0 Å². The molecule has 0 spiro atoms. The van der Waals surface area contributed by atoms with E-state index in [1.54, 1.807) is 0 Å². The number of benzene rings is 6. The van der Waals surface area contributed by atoms with Crippen LogP contribution in [0.1, 0.15) is 36.1 Å². The summed E-state index contributed by atoms with van der Waals surface area (Å²) < 4.78 is 4.94. The van der Waals surface area contributed by atoms with Crippen LogP contribution in [0, 0.1) is 11.3 Å². The first-order valence-corrected chi connectivity index (χ1v) is 16.2. The summed E-state index contributed by atoms with van der Waals surface area (Å²) in [5.41, 5.74) is 13.8. The van der Waals surface area contributed by atoms with Crippen LogP contribution in [0.15, 0.2) is 146 Å². The highest BCUT2D eigenvalue weighted by Gasteiger charge is 2.26. The van der Waals surface area contributed by atoms with Crippen molar-refractivity contribution in [2.75, 3.05) is 0 Å². The Hall–Kier alpha value is -6.11. The average molecular weight is 602 g/mol. The van der Waals surface area contributed by atoms with Gasteiger partial charge in [0.05, 0.1) is 28.2 Å². The zero-order valence-electron chi connectivity index (χ0n) is 26.1. The quantitative estimate of drug-likeness (QED) is 0.198. The fourth-order valence-electron chi connectivity index (χ4n) is 7.70. The predicted octanol–water partition coefficient (Wildman–Crippen LogP) is 11.5. The molecule has 0 radical (unpaired) electrons. The van der Waals surface area contributed by atoms with Crippen molar-refractivity contribution in [2.24, 2.45) is 0 Å². The highest BCUT2D eigenvalue weighted by Crippen LogP contribution is 2.45. The molecule has 222 valence electrons. The Bertz CT molecular complexity index is 2570. The molecular weight excluding hydrogens is 571 g/mol. The van der Waals surface area contributed by atoms with Crippen LogP contribution in [0.3, 0.4) is 0 Å². The van der Waals surface area contributed by atoms with Crippen molar-refractivity contribution in [3.05, 3.63) is 162 Å². The van der Waals surface area contributed by atoms with Gasteiger partial charge in [0, 0.05) is 55.8 Å². The number of rotatable bonds is 4. The molecule has 1 aliphatic carbocycles. The SMILES string of the molecule is CC1CC=Cc2c1n(-c1cccc(-c3cccc(C#N)c3)c1)c1c(-c3cccc4c5ccccc5n(-c5ccccc5)c34)cccc21. The van der Waals surface area contributed by atoms with E-state index in [1.807, 2.05) is 18.2 Å². The third kappa shape index (κ3) is 4.19. The molecule has 0 saturated carbocycles. The zero-order valence-corrected chi connectivity index (χ0v) is 26.1. The summed E-state index contributed by atoms with van der Waals surface area (Å²) in [4.78, 5) is 0. The molecule has 3 heteroatoms. The summed E-state index contributed by atoms with van der Waals surface area (Å²) in [6, 6.07) is 52.0. The number of nitrogens with zero attached hydrogens (tertiary/aromatic N) is 3. The molecule has 0 aliphatic heterocycles. The van der Waals surface area contributed by atoms with Gasteiger partial charge in [-0.15, -0.1) is 0 Å². The molecular formula is C44H31N3. The van der Waals surface area contributed by atoms with Crippen LogP contribution < -0.4 is 0 Å². The van der Waals surface area contributed by atoms with Crippen molar-refractivity contribution in [1.82, 2.24) is 9.13 Å². The van der Waals surface area contributed by atoms with Crippen molar-refractivity contribution < 1.29 is 0 Å². The van der Waals surface area contributed by atoms with E-state index in [2.05, 4.69) is 156 Å². The summed E-state index contributed by atoms with van der Waals surface area (Å²) in [6.45, 7) is 2.34. The van der Waals surface area contributed by atoms with E-state index in [-0.39, 0.29) is 0 Å². The van der Waals surface area contributed by atoms with Crippen LogP contribution in [0.2, 0.25) is 0 Å². The molecule has 1 unspecified atom stereocenters. The lowest BCUT2D eigenvalue weighted by atomic mass is 9.92. The molecule has 0 amide bonds. The van der Waals surface area contributed by atoms with Crippen molar-refractivity contribution in [3.63, 3.8) is 0 Å². The average Bonchev–Trinajstić information content (AvgIpc) is 3.66. The molecule has 6 aromatic carbocycles. The summed E-state index contributed by atoms with van der Waals surface area (Å²) in [6.07, 6.45) is 5.64. The van der Waals surface area contributed by atoms with Gasteiger partial charge in [-0.05, 0) is 60.0 Å². The van der Waals surface area contributed by atoms with Gasteiger partial charge in [-0.2, -0.15) is 5.26 Å². The summed E-state index contributed by atoms with van der Waals surface area (Å²) in [5.74, 6) is 0.354. The van der Waals surface area contributed by atoms with Crippen LogP contribution in [0.25, 0.3) is 72.4 Å². The van der Waals surface area contributed by atoms with Crippen LogP contribution in [0.5, 0.6) is 0 Å². The smallest absolute Gasteiger partial charge is 0.0991 e. The lowest BCUT2D eigenvalue weighted by Crippen LogP contribution is -2.07. The lowest BCUT2D eigenvalue weighted by molar-refractivity contribution is 0.723. The number of hydrogen-bond acceptors (Lipinski definition) is 1. The van der Waals surface area contributed by atoms with E-state index in [0.717, 1.165) is 28.9 Å². The summed E-state index contributed by atoms with van der Waals surface area (Å²) >= 11 is 0. The third-order valence-corrected chi connectivity index (χ3v) is 9.74. The maximum atomic E-state index is 9.58. The Morgan fingerprint density at radius 1 is 0.596 bits per heavy atom. The minimum absolute atomic E-state index is 0.354. The summed E-state index contributed by atoms with van der Waals surface area (Å²) in [5, 5.41) is 13.3. The predicted molar refractivity (Wildman–Crippen MR) is 195 cm³/mol. The molecule has 0 bridgehead atoms. The standard InChI is InChI=1S/C44H31N3/c1-29-12-7-20-37-38-22-11-24-40(44(38)47(42(29)37)34-18-9-15-32(27-34)31-14-8-13-30(26-31)28-45)39-23-10-21-36-35-19-5-6-25-41(35)46(43(36)39)33-16-3-2-4-17-33/h2-11,13-27,29H,12H2,1H3. The molecule has 1 aliphatic rings. The molecule has 0 saturated heterocycles. The number of fused-ring (bicyclic) bond motifs is 6. The topological polar surface area (TPSA) is 33.6 Å². The maximum Gasteiger partial charge on any atom is 0.0991 e. The van der Waals surface area contributed by atoms with Gasteiger partial charge in [0.2, 0.25) is 0 Å².